The number of ketones is 2. The van der Waals surface area contributed by atoms with Gasteiger partial charge >= 0.3 is 0 Å². The summed E-state index contributed by atoms with van der Waals surface area (Å²) < 4.78 is 0. The van der Waals surface area contributed by atoms with Gasteiger partial charge in [-0.1, -0.05) is 30.3 Å². The summed E-state index contributed by atoms with van der Waals surface area (Å²) in [5.74, 6) is 0.405. The molecule has 1 aromatic carbocycles. The third-order valence-corrected chi connectivity index (χ3v) is 2.90. The van der Waals surface area contributed by atoms with E-state index in [4.69, 9.17) is 0 Å². The Kier molecular flexibility index (Phi) is 2.95. The number of benzene rings is 1. The first kappa shape index (κ1) is 10.1. The van der Waals surface area contributed by atoms with Crippen LogP contribution in [-0.2, 0) is 16.0 Å². The number of rotatable bonds is 2. The van der Waals surface area contributed by atoms with Gasteiger partial charge in [-0.25, -0.2) is 0 Å². The summed E-state index contributed by atoms with van der Waals surface area (Å²) >= 11 is 0. The highest BCUT2D eigenvalue weighted by atomic mass is 16.1. The molecule has 2 nitrogen and oxygen atoms in total. The molecular weight excluding hydrogens is 188 g/mol. The largest absolute Gasteiger partial charge is 0.300 e. The van der Waals surface area contributed by atoms with Gasteiger partial charge in [0.05, 0.1) is 0 Å². The lowest BCUT2D eigenvalue weighted by Gasteiger charge is -2.19. The van der Waals surface area contributed by atoms with Gasteiger partial charge in [0.2, 0.25) is 0 Å². The van der Waals surface area contributed by atoms with Crippen molar-refractivity contribution in [1.29, 1.82) is 0 Å². The zero-order valence-corrected chi connectivity index (χ0v) is 8.61. The number of hydrogen-bond donors (Lipinski definition) is 0. The van der Waals surface area contributed by atoms with Crippen molar-refractivity contribution in [2.45, 2.75) is 25.7 Å². The average molecular weight is 202 g/mol. The van der Waals surface area contributed by atoms with Crippen molar-refractivity contribution in [3.05, 3.63) is 35.9 Å². The number of Topliss-reactive ketones (excluding diaryl/α,β-unsaturated/α-hetero) is 2. The molecule has 0 spiro atoms. The summed E-state index contributed by atoms with van der Waals surface area (Å²) in [4.78, 5) is 22.8. The van der Waals surface area contributed by atoms with Crippen LogP contribution in [0.15, 0.2) is 30.3 Å². The second-order valence-electron chi connectivity index (χ2n) is 4.10. The molecule has 0 N–H and O–H groups in total. The SMILES string of the molecule is O=C1CCC(=O)C(Cc2ccccc2)C1. The summed E-state index contributed by atoms with van der Waals surface area (Å²) in [5.41, 5.74) is 1.14. The maximum atomic E-state index is 11.6. The third kappa shape index (κ3) is 2.52. The second kappa shape index (κ2) is 4.39. The van der Waals surface area contributed by atoms with E-state index in [1.807, 2.05) is 30.3 Å². The minimum atomic E-state index is -0.0753. The van der Waals surface area contributed by atoms with Crippen molar-refractivity contribution in [2.24, 2.45) is 5.92 Å². The van der Waals surface area contributed by atoms with E-state index in [0.717, 1.165) is 5.56 Å². The van der Waals surface area contributed by atoms with E-state index in [0.29, 0.717) is 25.7 Å². The Hall–Kier alpha value is -1.44. The first-order valence-corrected chi connectivity index (χ1v) is 5.34. The monoisotopic (exact) mass is 202 g/mol. The predicted molar refractivity (Wildman–Crippen MR) is 57.5 cm³/mol. The Morgan fingerprint density at radius 2 is 1.80 bits per heavy atom. The molecule has 1 saturated carbocycles. The van der Waals surface area contributed by atoms with Crippen LogP contribution < -0.4 is 0 Å². The minimum Gasteiger partial charge on any atom is -0.300 e. The van der Waals surface area contributed by atoms with Crippen molar-refractivity contribution in [2.75, 3.05) is 0 Å². The molecule has 78 valence electrons. The molecule has 1 aliphatic rings. The number of carbonyl (C=O) groups is 2. The average Bonchev–Trinajstić information content (AvgIpc) is 2.25. The molecule has 2 heteroatoms. The van der Waals surface area contributed by atoms with Gasteiger partial charge in [-0.3, -0.25) is 9.59 Å². The van der Waals surface area contributed by atoms with Gasteiger partial charge in [0.15, 0.2) is 0 Å². The predicted octanol–water partition coefficient (Wildman–Crippen LogP) is 2.17. The molecule has 0 heterocycles. The Morgan fingerprint density at radius 3 is 2.53 bits per heavy atom. The third-order valence-electron chi connectivity index (χ3n) is 2.90. The van der Waals surface area contributed by atoms with E-state index in [1.165, 1.54) is 0 Å². The molecule has 0 radical (unpaired) electrons. The quantitative estimate of drug-likeness (QED) is 0.736. The Labute approximate surface area is 89.3 Å². The highest BCUT2D eigenvalue weighted by molar-refractivity contribution is 5.94. The Balaban J connectivity index is 2.05. The second-order valence-corrected chi connectivity index (χ2v) is 4.10. The molecular formula is C13H14O2. The van der Waals surface area contributed by atoms with E-state index in [9.17, 15) is 9.59 Å². The number of hydrogen-bond acceptors (Lipinski definition) is 2. The molecule has 1 aliphatic carbocycles. The van der Waals surface area contributed by atoms with Crippen LogP contribution in [0.2, 0.25) is 0 Å². The van der Waals surface area contributed by atoms with Crippen molar-refractivity contribution < 1.29 is 9.59 Å². The highest BCUT2D eigenvalue weighted by Crippen LogP contribution is 2.21. The normalized spacial score (nSPS) is 21.7. The fourth-order valence-corrected chi connectivity index (χ4v) is 2.04. The highest BCUT2D eigenvalue weighted by Gasteiger charge is 2.26. The summed E-state index contributed by atoms with van der Waals surface area (Å²) in [5, 5.41) is 0. The zero-order chi connectivity index (χ0) is 10.7. The summed E-state index contributed by atoms with van der Waals surface area (Å²) in [6, 6.07) is 9.89. The van der Waals surface area contributed by atoms with E-state index in [1.54, 1.807) is 0 Å². The molecule has 1 aromatic rings. The molecule has 0 aromatic heterocycles. The van der Waals surface area contributed by atoms with Gasteiger partial charge < -0.3 is 0 Å². The lowest BCUT2D eigenvalue weighted by atomic mass is 9.83. The maximum absolute atomic E-state index is 11.6. The van der Waals surface area contributed by atoms with Crippen LogP contribution >= 0.6 is 0 Å². The molecule has 0 bridgehead atoms. The van der Waals surface area contributed by atoms with Crippen molar-refractivity contribution >= 4 is 11.6 Å². The molecule has 0 amide bonds. The topological polar surface area (TPSA) is 34.1 Å². The lowest BCUT2D eigenvalue weighted by Crippen LogP contribution is -2.26. The molecule has 0 aliphatic heterocycles. The van der Waals surface area contributed by atoms with Crippen LogP contribution in [0.5, 0.6) is 0 Å². The first-order valence-electron chi connectivity index (χ1n) is 5.34. The van der Waals surface area contributed by atoms with Gasteiger partial charge in [0.1, 0.15) is 11.6 Å². The van der Waals surface area contributed by atoms with Gasteiger partial charge in [0, 0.05) is 25.2 Å². The van der Waals surface area contributed by atoms with E-state index in [-0.39, 0.29) is 17.5 Å². The van der Waals surface area contributed by atoms with Crippen molar-refractivity contribution in [3.8, 4) is 0 Å². The van der Waals surface area contributed by atoms with Crippen LogP contribution in [0.3, 0.4) is 0 Å². The van der Waals surface area contributed by atoms with E-state index in [2.05, 4.69) is 0 Å². The lowest BCUT2D eigenvalue weighted by molar-refractivity contribution is -0.132. The van der Waals surface area contributed by atoms with Crippen LogP contribution in [0.4, 0.5) is 0 Å². The summed E-state index contributed by atoms with van der Waals surface area (Å²) in [6.07, 6.45) is 2.04. The maximum Gasteiger partial charge on any atom is 0.137 e. The van der Waals surface area contributed by atoms with Crippen molar-refractivity contribution in [3.63, 3.8) is 0 Å². The molecule has 15 heavy (non-hydrogen) atoms. The Morgan fingerprint density at radius 1 is 1.07 bits per heavy atom. The fourth-order valence-electron chi connectivity index (χ4n) is 2.04. The summed E-state index contributed by atoms with van der Waals surface area (Å²) in [7, 11) is 0. The van der Waals surface area contributed by atoms with Crippen LogP contribution in [0, 0.1) is 5.92 Å². The first-order chi connectivity index (χ1) is 7.25. The molecule has 1 unspecified atom stereocenters. The summed E-state index contributed by atoms with van der Waals surface area (Å²) in [6.45, 7) is 0. The molecule has 1 atom stereocenters. The van der Waals surface area contributed by atoms with E-state index >= 15 is 0 Å². The van der Waals surface area contributed by atoms with Crippen LogP contribution in [0.1, 0.15) is 24.8 Å². The minimum absolute atomic E-state index is 0.0753. The zero-order valence-electron chi connectivity index (χ0n) is 8.61. The number of carbonyl (C=O) groups excluding carboxylic acids is 2. The van der Waals surface area contributed by atoms with Crippen molar-refractivity contribution in [1.82, 2.24) is 0 Å². The van der Waals surface area contributed by atoms with Gasteiger partial charge in [-0.05, 0) is 12.0 Å². The van der Waals surface area contributed by atoms with E-state index < -0.39 is 0 Å². The molecule has 0 saturated heterocycles. The van der Waals surface area contributed by atoms with Gasteiger partial charge in [-0.15, -0.1) is 0 Å². The standard InChI is InChI=1S/C13H14O2/c14-12-6-7-13(15)11(9-12)8-10-4-2-1-3-5-10/h1-5,11H,6-9H2. The molecule has 1 fully saturated rings. The Bertz CT molecular complexity index is 367. The van der Waals surface area contributed by atoms with Gasteiger partial charge in [0.25, 0.3) is 0 Å². The van der Waals surface area contributed by atoms with Gasteiger partial charge in [-0.2, -0.15) is 0 Å². The fraction of sp³-hybridized carbons (Fsp3) is 0.385. The van der Waals surface area contributed by atoms with Crippen LogP contribution in [0.25, 0.3) is 0 Å². The smallest absolute Gasteiger partial charge is 0.137 e. The van der Waals surface area contributed by atoms with Crippen LogP contribution in [-0.4, -0.2) is 11.6 Å². The molecule has 2 rings (SSSR count).